The van der Waals surface area contributed by atoms with E-state index in [9.17, 15) is 9.59 Å². The smallest absolute Gasteiger partial charge is 0.309 e. The van der Waals surface area contributed by atoms with Crippen LogP contribution in [-0.4, -0.2) is 114 Å². The Balaban J connectivity index is 2.21. The second kappa shape index (κ2) is 25.9. The van der Waals surface area contributed by atoms with Crippen LogP contribution in [0.5, 0.6) is 0 Å². The number of esters is 2. The summed E-state index contributed by atoms with van der Waals surface area (Å²) in [5.74, 6) is -0.375. The standard InChI is InChI=1S/C42H72O11/c1-11-36(49-26-23-46-13-3)33(8)41-37(52-41)28-30(5)16-15-17-31(6)40-32(7)18-19-38(51-34(9)43)42(10,50-27-24-47-14-4)21-20-35(29-39(44)53-40)48-25-22-45-12-2/h15-19,30,32-33,35-38,40-41H,11-14,20-29H2,1-10H3/b16-15+,19-18+,31-17+. The number of carbonyl (C=O) groups is 2. The van der Waals surface area contributed by atoms with Crippen molar-refractivity contribution in [1.29, 1.82) is 0 Å². The summed E-state index contributed by atoms with van der Waals surface area (Å²) in [7, 11) is 0. The van der Waals surface area contributed by atoms with Gasteiger partial charge < -0.3 is 42.6 Å². The van der Waals surface area contributed by atoms with Gasteiger partial charge in [0, 0.05) is 38.6 Å². The van der Waals surface area contributed by atoms with E-state index in [4.69, 9.17) is 42.6 Å². The Morgan fingerprint density at radius 1 is 0.962 bits per heavy atom. The Hall–Kier alpha value is -2.12. The first-order valence-electron chi connectivity index (χ1n) is 20.0. The van der Waals surface area contributed by atoms with E-state index in [1.165, 1.54) is 6.92 Å². The average Bonchev–Trinajstić information content (AvgIpc) is 3.89. The van der Waals surface area contributed by atoms with Gasteiger partial charge in [0.05, 0.1) is 70.5 Å². The Kier molecular flexibility index (Phi) is 23.0. The predicted octanol–water partition coefficient (Wildman–Crippen LogP) is 7.20. The lowest BCUT2D eigenvalue weighted by molar-refractivity contribution is -0.167. The van der Waals surface area contributed by atoms with Crippen LogP contribution < -0.4 is 0 Å². The third kappa shape index (κ3) is 17.9. The lowest BCUT2D eigenvalue weighted by Crippen LogP contribution is -2.45. The van der Waals surface area contributed by atoms with Crippen molar-refractivity contribution < 1.29 is 52.2 Å². The first-order chi connectivity index (χ1) is 25.4. The quantitative estimate of drug-likeness (QED) is 0.0327. The van der Waals surface area contributed by atoms with Crippen molar-refractivity contribution in [3.63, 3.8) is 0 Å². The number of ether oxygens (including phenoxy) is 9. The molecule has 2 heterocycles. The van der Waals surface area contributed by atoms with Gasteiger partial charge in [-0.25, -0.2) is 0 Å². The molecule has 0 N–H and O–H groups in total. The van der Waals surface area contributed by atoms with Gasteiger partial charge in [0.2, 0.25) is 0 Å². The molecule has 0 aromatic rings. The molecule has 0 spiro atoms. The predicted molar refractivity (Wildman–Crippen MR) is 206 cm³/mol. The van der Waals surface area contributed by atoms with Crippen molar-refractivity contribution in [2.24, 2.45) is 17.8 Å². The Morgan fingerprint density at radius 2 is 1.62 bits per heavy atom. The normalized spacial score (nSPS) is 29.5. The van der Waals surface area contributed by atoms with E-state index in [1.807, 2.05) is 65.8 Å². The van der Waals surface area contributed by atoms with Gasteiger partial charge in [0.25, 0.3) is 0 Å². The summed E-state index contributed by atoms with van der Waals surface area (Å²) in [5.41, 5.74) is 0.00713. The van der Waals surface area contributed by atoms with Crippen molar-refractivity contribution in [2.75, 3.05) is 59.5 Å². The van der Waals surface area contributed by atoms with Gasteiger partial charge in [-0.3, -0.25) is 9.59 Å². The first-order valence-corrected chi connectivity index (χ1v) is 20.0. The second-order valence-electron chi connectivity index (χ2n) is 14.5. The highest BCUT2D eigenvalue weighted by molar-refractivity contribution is 5.70. The first kappa shape index (κ1) is 47.0. The monoisotopic (exact) mass is 753 g/mol. The minimum Gasteiger partial charge on any atom is -0.457 e. The van der Waals surface area contributed by atoms with E-state index in [-0.39, 0.29) is 42.5 Å². The molecule has 0 aromatic heterocycles. The molecule has 10 atom stereocenters. The molecule has 0 aliphatic carbocycles. The van der Waals surface area contributed by atoms with Crippen molar-refractivity contribution in [3.8, 4) is 0 Å². The maximum atomic E-state index is 13.5. The zero-order valence-corrected chi connectivity index (χ0v) is 34.5. The molecule has 0 aromatic carbocycles. The summed E-state index contributed by atoms with van der Waals surface area (Å²) >= 11 is 0. The van der Waals surface area contributed by atoms with Crippen LogP contribution in [-0.2, 0) is 52.2 Å². The molecule has 306 valence electrons. The SMILES string of the molecule is CCOCCOC1CCC(C)(OCCOCC)C(OC(C)=O)/C=C/C(C)C(/C(C)=C/C=C/C(C)CC2OC2C(C)C(CC)OCCOCC)OC(=O)C1. The number of cyclic esters (lactones) is 1. The molecule has 1 fully saturated rings. The highest BCUT2D eigenvalue weighted by Gasteiger charge is 2.45. The van der Waals surface area contributed by atoms with Crippen LogP contribution in [0.3, 0.4) is 0 Å². The fraction of sp³-hybridized carbons (Fsp3) is 0.810. The molecule has 53 heavy (non-hydrogen) atoms. The highest BCUT2D eigenvalue weighted by Crippen LogP contribution is 2.37. The van der Waals surface area contributed by atoms with Crippen LogP contribution in [0.4, 0.5) is 0 Å². The number of rotatable bonds is 24. The second-order valence-corrected chi connectivity index (χ2v) is 14.5. The summed E-state index contributed by atoms with van der Waals surface area (Å²) < 4.78 is 53.2. The van der Waals surface area contributed by atoms with Crippen molar-refractivity contribution in [2.45, 2.75) is 144 Å². The van der Waals surface area contributed by atoms with Crippen molar-refractivity contribution >= 4 is 11.9 Å². The molecule has 11 heteroatoms. The maximum absolute atomic E-state index is 13.5. The lowest BCUT2D eigenvalue weighted by Gasteiger charge is -2.37. The summed E-state index contributed by atoms with van der Waals surface area (Å²) in [4.78, 5) is 25.8. The van der Waals surface area contributed by atoms with Gasteiger partial charge in [-0.05, 0) is 77.9 Å². The van der Waals surface area contributed by atoms with Crippen molar-refractivity contribution in [1.82, 2.24) is 0 Å². The average molecular weight is 753 g/mol. The molecule has 1 saturated heterocycles. The van der Waals surface area contributed by atoms with Crippen LogP contribution in [0, 0.1) is 17.8 Å². The van der Waals surface area contributed by atoms with Gasteiger partial charge >= 0.3 is 11.9 Å². The van der Waals surface area contributed by atoms with Crippen LogP contribution in [0.2, 0.25) is 0 Å². The minimum absolute atomic E-state index is 0.0733. The van der Waals surface area contributed by atoms with Gasteiger partial charge in [0.1, 0.15) is 17.8 Å². The van der Waals surface area contributed by atoms with E-state index in [0.29, 0.717) is 78.2 Å². The molecule has 0 bridgehead atoms. The van der Waals surface area contributed by atoms with Gasteiger partial charge in [-0.1, -0.05) is 52.0 Å². The molecule has 2 aliphatic heterocycles. The largest absolute Gasteiger partial charge is 0.457 e. The lowest BCUT2D eigenvalue weighted by atomic mass is 9.88. The molecular formula is C42H72O11. The topological polar surface area (TPSA) is 121 Å². The molecule has 0 radical (unpaired) electrons. The Labute approximate surface area is 320 Å². The van der Waals surface area contributed by atoms with Crippen LogP contribution in [0.25, 0.3) is 0 Å². The van der Waals surface area contributed by atoms with Gasteiger partial charge in [-0.15, -0.1) is 0 Å². The summed E-state index contributed by atoms with van der Waals surface area (Å²) in [6.07, 6.45) is 11.8. The van der Waals surface area contributed by atoms with E-state index in [1.54, 1.807) is 0 Å². The fourth-order valence-electron chi connectivity index (χ4n) is 6.80. The number of allylic oxidation sites excluding steroid dienone is 3. The third-order valence-electron chi connectivity index (χ3n) is 9.97. The number of epoxide rings is 1. The van der Waals surface area contributed by atoms with Crippen LogP contribution in [0.1, 0.15) is 101 Å². The Bertz CT molecular complexity index is 1120. The third-order valence-corrected chi connectivity index (χ3v) is 9.97. The van der Waals surface area contributed by atoms with E-state index in [0.717, 1.165) is 18.4 Å². The minimum atomic E-state index is -0.890. The zero-order valence-electron chi connectivity index (χ0n) is 34.5. The van der Waals surface area contributed by atoms with E-state index >= 15 is 0 Å². The highest BCUT2D eigenvalue weighted by atomic mass is 16.6. The Morgan fingerprint density at radius 3 is 2.26 bits per heavy atom. The zero-order chi connectivity index (χ0) is 39.2. The van der Waals surface area contributed by atoms with Gasteiger partial charge in [0.15, 0.2) is 0 Å². The molecular weight excluding hydrogens is 680 g/mol. The number of hydrogen-bond donors (Lipinski definition) is 0. The molecule has 2 aliphatic rings. The summed E-state index contributed by atoms with van der Waals surface area (Å²) in [6.45, 7) is 24.3. The van der Waals surface area contributed by atoms with Crippen molar-refractivity contribution in [3.05, 3.63) is 36.0 Å². The van der Waals surface area contributed by atoms with E-state index < -0.39 is 29.9 Å². The van der Waals surface area contributed by atoms with Crippen LogP contribution >= 0.6 is 0 Å². The molecule has 0 saturated carbocycles. The number of hydrogen-bond acceptors (Lipinski definition) is 11. The summed E-state index contributed by atoms with van der Waals surface area (Å²) in [6, 6.07) is 0. The molecule has 11 nitrogen and oxygen atoms in total. The summed E-state index contributed by atoms with van der Waals surface area (Å²) in [5, 5.41) is 0. The number of carbonyl (C=O) groups excluding carboxylic acids is 2. The molecule has 10 unspecified atom stereocenters. The van der Waals surface area contributed by atoms with Gasteiger partial charge in [-0.2, -0.15) is 0 Å². The van der Waals surface area contributed by atoms with Crippen LogP contribution in [0.15, 0.2) is 36.0 Å². The fourth-order valence-corrected chi connectivity index (χ4v) is 6.80. The van der Waals surface area contributed by atoms with E-state index in [2.05, 4.69) is 26.8 Å². The maximum Gasteiger partial charge on any atom is 0.309 e. The molecule has 2 rings (SSSR count). The molecule has 0 amide bonds.